The van der Waals surface area contributed by atoms with Crippen molar-refractivity contribution in [3.05, 3.63) is 70.8 Å². The van der Waals surface area contributed by atoms with Crippen LogP contribution in [0.1, 0.15) is 41.0 Å². The molecule has 0 saturated heterocycles. The van der Waals surface area contributed by atoms with Gasteiger partial charge in [0.1, 0.15) is 18.8 Å². The van der Waals surface area contributed by atoms with Crippen molar-refractivity contribution in [3.8, 4) is 0 Å². The largest absolute Gasteiger partial charge is 0.360 e. The monoisotopic (exact) mass is 310 g/mol. The maximum Gasteiger partial charge on any atom is 0.132 e. The van der Waals surface area contributed by atoms with Gasteiger partial charge in [-0.15, -0.1) is 0 Å². The number of fused-ring (bicyclic) bond motifs is 1. The van der Waals surface area contributed by atoms with E-state index < -0.39 is 0 Å². The molecule has 3 aliphatic carbocycles. The molecule has 2 aromatic carbocycles. The highest BCUT2D eigenvalue weighted by atomic mass is 16.6. The van der Waals surface area contributed by atoms with E-state index >= 15 is 0 Å². The summed E-state index contributed by atoms with van der Waals surface area (Å²) in [4.78, 5) is 0. The lowest BCUT2D eigenvalue weighted by atomic mass is 9.61. The number of ether oxygens (including phenoxy) is 1. The van der Waals surface area contributed by atoms with E-state index in [1.807, 2.05) is 0 Å². The quantitative estimate of drug-likeness (QED) is 0.690. The maximum absolute atomic E-state index is 9.96. The first-order chi connectivity index (χ1) is 11.0. The van der Waals surface area contributed by atoms with Crippen LogP contribution in [0.3, 0.4) is 0 Å². The number of hydrogen-bond acceptors (Lipinski definition) is 2. The Morgan fingerprint density at radius 1 is 1.04 bits per heavy atom. The SMILES string of the molecule is C[N+](C)(O)CCOC12CCC(c3ccccc31)c1ccccc12. The molecule has 2 aromatic rings. The first-order valence-electron chi connectivity index (χ1n) is 8.40. The molecule has 3 nitrogen and oxygen atoms in total. The van der Waals surface area contributed by atoms with Gasteiger partial charge in [0.25, 0.3) is 0 Å². The second-order valence-electron chi connectivity index (χ2n) is 7.29. The molecule has 0 spiro atoms. The zero-order chi connectivity index (χ0) is 16.1. The summed E-state index contributed by atoms with van der Waals surface area (Å²) in [6.45, 7) is 1.12. The van der Waals surface area contributed by atoms with Gasteiger partial charge >= 0.3 is 0 Å². The lowest BCUT2D eigenvalue weighted by molar-refractivity contribution is -1.07. The summed E-state index contributed by atoms with van der Waals surface area (Å²) >= 11 is 0. The van der Waals surface area contributed by atoms with E-state index in [4.69, 9.17) is 4.74 Å². The van der Waals surface area contributed by atoms with E-state index in [1.165, 1.54) is 22.3 Å². The van der Waals surface area contributed by atoms with Gasteiger partial charge in [-0.3, -0.25) is 0 Å². The van der Waals surface area contributed by atoms with Crippen LogP contribution in [0.5, 0.6) is 0 Å². The third-order valence-corrected chi connectivity index (χ3v) is 5.31. The number of rotatable bonds is 4. The number of hydroxylamine groups is 3. The molecular weight excluding hydrogens is 286 g/mol. The Kier molecular flexibility index (Phi) is 3.34. The average Bonchev–Trinajstić information content (AvgIpc) is 2.55. The second kappa shape index (κ2) is 5.17. The van der Waals surface area contributed by atoms with Crippen LogP contribution in [-0.2, 0) is 10.3 Å². The van der Waals surface area contributed by atoms with Crippen LogP contribution < -0.4 is 0 Å². The average molecular weight is 310 g/mol. The molecule has 0 aliphatic heterocycles. The molecule has 0 radical (unpaired) electrons. The minimum absolute atomic E-state index is 0.0675. The van der Waals surface area contributed by atoms with Gasteiger partial charge < -0.3 is 4.74 Å². The molecule has 3 heteroatoms. The van der Waals surface area contributed by atoms with Gasteiger partial charge in [0.2, 0.25) is 0 Å². The molecule has 2 bridgehead atoms. The zero-order valence-electron chi connectivity index (χ0n) is 13.8. The summed E-state index contributed by atoms with van der Waals surface area (Å²) in [5.41, 5.74) is 5.11. The fourth-order valence-corrected chi connectivity index (χ4v) is 4.25. The fraction of sp³-hybridized carbons (Fsp3) is 0.400. The molecule has 23 heavy (non-hydrogen) atoms. The van der Waals surface area contributed by atoms with Crippen LogP contribution in [0, 0.1) is 0 Å². The van der Waals surface area contributed by atoms with Crippen LogP contribution in [0.15, 0.2) is 48.5 Å². The van der Waals surface area contributed by atoms with Gasteiger partial charge in [0, 0.05) is 5.92 Å². The molecule has 0 atom stereocenters. The molecular formula is C20H24NO2+. The predicted molar refractivity (Wildman–Crippen MR) is 89.5 cm³/mol. The van der Waals surface area contributed by atoms with Crippen LogP contribution in [0.2, 0.25) is 0 Å². The van der Waals surface area contributed by atoms with Crippen LogP contribution in [0.4, 0.5) is 0 Å². The van der Waals surface area contributed by atoms with E-state index in [-0.39, 0.29) is 10.2 Å². The van der Waals surface area contributed by atoms with E-state index in [9.17, 15) is 5.21 Å². The van der Waals surface area contributed by atoms with Crippen molar-refractivity contribution in [3.63, 3.8) is 0 Å². The van der Waals surface area contributed by atoms with E-state index in [1.54, 1.807) is 14.1 Å². The van der Waals surface area contributed by atoms with Gasteiger partial charge in [-0.2, -0.15) is 4.65 Å². The van der Waals surface area contributed by atoms with Crippen molar-refractivity contribution in [2.45, 2.75) is 24.4 Å². The third-order valence-electron chi connectivity index (χ3n) is 5.31. The van der Waals surface area contributed by atoms with E-state index in [0.29, 0.717) is 19.1 Å². The molecule has 0 fully saturated rings. The zero-order valence-corrected chi connectivity index (χ0v) is 13.8. The van der Waals surface area contributed by atoms with Crippen molar-refractivity contribution in [1.82, 2.24) is 0 Å². The predicted octanol–water partition coefficient (Wildman–Crippen LogP) is 3.65. The van der Waals surface area contributed by atoms with Crippen LogP contribution in [-0.4, -0.2) is 37.1 Å². The Morgan fingerprint density at radius 2 is 1.61 bits per heavy atom. The third kappa shape index (κ3) is 2.31. The van der Waals surface area contributed by atoms with Crippen molar-refractivity contribution in [1.29, 1.82) is 0 Å². The van der Waals surface area contributed by atoms with Crippen molar-refractivity contribution < 1.29 is 14.6 Å². The highest BCUT2D eigenvalue weighted by molar-refractivity contribution is 5.57. The van der Waals surface area contributed by atoms with Crippen molar-refractivity contribution >= 4 is 0 Å². The Labute approximate surface area is 137 Å². The van der Waals surface area contributed by atoms with Gasteiger partial charge in [-0.05, 0) is 35.1 Å². The Morgan fingerprint density at radius 3 is 2.17 bits per heavy atom. The Bertz CT molecular complexity index is 685. The minimum atomic E-state index is -0.350. The van der Waals surface area contributed by atoms with Crippen molar-refractivity contribution in [2.24, 2.45) is 0 Å². The molecule has 3 aliphatic rings. The van der Waals surface area contributed by atoms with Crippen molar-refractivity contribution in [2.75, 3.05) is 27.2 Å². The molecule has 120 valence electrons. The number of likely N-dealkylation sites (N-methyl/N-ethyl adjacent to an activating group) is 1. The molecule has 5 rings (SSSR count). The van der Waals surface area contributed by atoms with Gasteiger partial charge in [-0.25, -0.2) is 5.21 Å². The molecule has 0 unspecified atom stereocenters. The first-order valence-corrected chi connectivity index (χ1v) is 8.40. The Hall–Kier alpha value is -1.68. The number of benzene rings is 2. The smallest absolute Gasteiger partial charge is 0.132 e. The summed E-state index contributed by atoms with van der Waals surface area (Å²) in [5.74, 6) is 0.498. The van der Waals surface area contributed by atoms with E-state index in [2.05, 4.69) is 48.5 Å². The standard InChI is InChI=1S/C20H24NO2/c1-21(2,22)13-14-23-20-12-11-15(16-7-3-5-9-18(16)20)17-8-4-6-10-19(17)20/h3-10,15,22H,11-14H2,1-2H3/q+1. The summed E-state index contributed by atoms with van der Waals surface area (Å²) in [7, 11) is 3.56. The van der Waals surface area contributed by atoms with Gasteiger partial charge in [0.15, 0.2) is 0 Å². The first kappa shape index (κ1) is 14.9. The minimum Gasteiger partial charge on any atom is -0.360 e. The molecule has 0 heterocycles. The van der Waals surface area contributed by atoms with Crippen LogP contribution >= 0.6 is 0 Å². The summed E-state index contributed by atoms with van der Waals surface area (Å²) in [5, 5.41) is 9.96. The number of nitrogens with zero attached hydrogens (tertiary/aromatic N) is 1. The van der Waals surface area contributed by atoms with E-state index in [0.717, 1.165) is 12.8 Å². The number of hydrogen-bond donors (Lipinski definition) is 1. The highest BCUT2D eigenvalue weighted by Crippen LogP contribution is 2.56. The lowest BCUT2D eigenvalue weighted by Crippen LogP contribution is -2.45. The summed E-state index contributed by atoms with van der Waals surface area (Å²) < 4.78 is 6.44. The second-order valence-corrected chi connectivity index (χ2v) is 7.29. The summed E-state index contributed by atoms with van der Waals surface area (Å²) in [6, 6.07) is 17.4. The molecule has 0 saturated carbocycles. The maximum atomic E-state index is 9.96. The fourth-order valence-electron chi connectivity index (χ4n) is 4.25. The van der Waals surface area contributed by atoms with Crippen LogP contribution in [0.25, 0.3) is 0 Å². The normalized spacial score (nSPS) is 25.1. The highest BCUT2D eigenvalue weighted by Gasteiger charge is 2.49. The number of quaternary nitrogens is 1. The summed E-state index contributed by atoms with van der Waals surface area (Å²) in [6.07, 6.45) is 2.15. The molecule has 0 aromatic heterocycles. The van der Waals surface area contributed by atoms with Gasteiger partial charge in [0.05, 0.1) is 14.1 Å². The molecule has 1 N–H and O–H groups in total. The Balaban J connectivity index is 1.79. The lowest BCUT2D eigenvalue weighted by Gasteiger charge is -2.49. The topological polar surface area (TPSA) is 29.5 Å². The van der Waals surface area contributed by atoms with Gasteiger partial charge in [-0.1, -0.05) is 48.5 Å². The molecule has 0 amide bonds.